The summed E-state index contributed by atoms with van der Waals surface area (Å²) in [6.45, 7) is 8.20. The second kappa shape index (κ2) is 12.5. The van der Waals surface area contributed by atoms with Crippen molar-refractivity contribution in [2.24, 2.45) is 4.99 Å². The number of aromatic nitrogens is 1. The number of nitrogens with one attached hydrogen (secondary N) is 2. The van der Waals surface area contributed by atoms with E-state index in [1.165, 1.54) is 0 Å². The van der Waals surface area contributed by atoms with Crippen LogP contribution in [-0.2, 0) is 13.0 Å². The SMILES string of the molecule is CCNC(=NCCc1cccc(C(=O)NC)c1)N1CCN(Cc2ccon2)CC1.I. The van der Waals surface area contributed by atoms with Crippen molar-refractivity contribution in [2.75, 3.05) is 46.3 Å². The van der Waals surface area contributed by atoms with Crippen LogP contribution in [0.15, 0.2) is 46.1 Å². The molecule has 0 spiro atoms. The Labute approximate surface area is 195 Å². The maximum absolute atomic E-state index is 11.8. The van der Waals surface area contributed by atoms with E-state index in [0.29, 0.717) is 12.1 Å². The fraction of sp³-hybridized carbons (Fsp3) is 0.476. The summed E-state index contributed by atoms with van der Waals surface area (Å²) >= 11 is 0. The molecule has 0 unspecified atom stereocenters. The zero-order valence-corrected chi connectivity index (χ0v) is 20.0. The lowest BCUT2D eigenvalue weighted by Crippen LogP contribution is -2.52. The highest BCUT2D eigenvalue weighted by Crippen LogP contribution is 2.09. The number of amides is 1. The zero-order chi connectivity index (χ0) is 20.5. The molecular formula is C21H31IN6O2. The molecule has 0 aliphatic carbocycles. The van der Waals surface area contributed by atoms with Gasteiger partial charge in [-0.25, -0.2) is 0 Å². The van der Waals surface area contributed by atoms with Crippen LogP contribution in [0.2, 0.25) is 0 Å². The van der Waals surface area contributed by atoms with E-state index in [2.05, 4.69) is 32.5 Å². The first kappa shape index (κ1) is 24.1. The first-order valence-corrected chi connectivity index (χ1v) is 10.2. The number of hydrogen-bond donors (Lipinski definition) is 2. The lowest BCUT2D eigenvalue weighted by Gasteiger charge is -2.36. The highest BCUT2D eigenvalue weighted by Gasteiger charge is 2.20. The summed E-state index contributed by atoms with van der Waals surface area (Å²) in [4.78, 5) is 21.3. The van der Waals surface area contributed by atoms with Crippen LogP contribution in [0.3, 0.4) is 0 Å². The molecule has 2 heterocycles. The molecule has 1 aromatic heterocycles. The summed E-state index contributed by atoms with van der Waals surface area (Å²) in [5.74, 6) is 0.892. The van der Waals surface area contributed by atoms with Gasteiger partial charge in [-0.3, -0.25) is 14.7 Å². The number of carbonyl (C=O) groups excluding carboxylic acids is 1. The van der Waals surface area contributed by atoms with Crippen molar-refractivity contribution in [2.45, 2.75) is 19.9 Å². The van der Waals surface area contributed by atoms with Gasteiger partial charge in [0.1, 0.15) is 6.26 Å². The minimum atomic E-state index is -0.0628. The Hall–Kier alpha value is -2.14. The van der Waals surface area contributed by atoms with Crippen LogP contribution < -0.4 is 10.6 Å². The quantitative estimate of drug-likeness (QED) is 0.326. The Morgan fingerprint density at radius 1 is 1.23 bits per heavy atom. The largest absolute Gasteiger partial charge is 0.364 e. The van der Waals surface area contributed by atoms with Gasteiger partial charge >= 0.3 is 0 Å². The molecular weight excluding hydrogens is 495 g/mol. The molecule has 8 nitrogen and oxygen atoms in total. The molecule has 1 fully saturated rings. The van der Waals surface area contributed by atoms with Crippen LogP contribution >= 0.6 is 24.0 Å². The van der Waals surface area contributed by atoms with E-state index in [-0.39, 0.29) is 29.9 Å². The maximum Gasteiger partial charge on any atom is 0.251 e. The summed E-state index contributed by atoms with van der Waals surface area (Å²) in [6.07, 6.45) is 2.41. The molecule has 30 heavy (non-hydrogen) atoms. The van der Waals surface area contributed by atoms with Crippen LogP contribution in [0.4, 0.5) is 0 Å². The van der Waals surface area contributed by atoms with E-state index in [9.17, 15) is 4.79 Å². The number of aliphatic imine (C=N–C) groups is 1. The average molecular weight is 526 g/mol. The number of piperazine rings is 1. The van der Waals surface area contributed by atoms with E-state index in [4.69, 9.17) is 9.52 Å². The fourth-order valence-corrected chi connectivity index (χ4v) is 3.40. The van der Waals surface area contributed by atoms with E-state index < -0.39 is 0 Å². The molecule has 2 N–H and O–H groups in total. The van der Waals surface area contributed by atoms with Gasteiger partial charge in [0, 0.05) is 64.5 Å². The van der Waals surface area contributed by atoms with Crippen LogP contribution in [0.5, 0.6) is 0 Å². The Bertz CT molecular complexity index is 804. The number of hydrogen-bond acceptors (Lipinski definition) is 5. The lowest BCUT2D eigenvalue weighted by atomic mass is 10.1. The molecule has 1 aliphatic heterocycles. The lowest BCUT2D eigenvalue weighted by molar-refractivity contribution is 0.0963. The van der Waals surface area contributed by atoms with Gasteiger partial charge in [-0.1, -0.05) is 17.3 Å². The number of benzene rings is 1. The van der Waals surface area contributed by atoms with Crippen molar-refractivity contribution in [1.82, 2.24) is 25.6 Å². The highest BCUT2D eigenvalue weighted by atomic mass is 127. The third-order valence-corrected chi connectivity index (χ3v) is 4.96. The number of nitrogens with zero attached hydrogens (tertiary/aromatic N) is 4. The number of guanidine groups is 1. The minimum absolute atomic E-state index is 0. The molecule has 3 rings (SSSR count). The monoisotopic (exact) mass is 526 g/mol. The number of halogens is 1. The average Bonchev–Trinajstić information content (AvgIpc) is 3.26. The summed E-state index contributed by atoms with van der Waals surface area (Å²) in [5, 5.41) is 10.1. The van der Waals surface area contributed by atoms with Crippen molar-refractivity contribution in [3.05, 3.63) is 53.4 Å². The van der Waals surface area contributed by atoms with E-state index in [0.717, 1.165) is 62.9 Å². The molecule has 1 amide bonds. The maximum atomic E-state index is 11.8. The summed E-state index contributed by atoms with van der Waals surface area (Å²) in [7, 11) is 1.65. The second-order valence-corrected chi connectivity index (χ2v) is 7.02. The standard InChI is InChI=1S/C21H30N6O2.HI/c1-3-23-21(24-9-7-17-5-4-6-18(15-17)20(28)22-2)27-12-10-26(11-13-27)16-19-8-14-29-25-19;/h4-6,8,14-15H,3,7,9-13,16H2,1-2H3,(H,22,28)(H,23,24);1H. The Balaban J connectivity index is 0.00000320. The normalized spacial score (nSPS) is 14.9. The Kier molecular flexibility index (Phi) is 10.1. The molecule has 0 atom stereocenters. The van der Waals surface area contributed by atoms with Gasteiger partial charge in [0.2, 0.25) is 0 Å². The van der Waals surface area contributed by atoms with Gasteiger partial charge in [-0.2, -0.15) is 0 Å². The third-order valence-electron chi connectivity index (χ3n) is 4.96. The molecule has 2 aromatic rings. The van der Waals surface area contributed by atoms with Crippen LogP contribution in [-0.4, -0.2) is 73.1 Å². The van der Waals surface area contributed by atoms with Gasteiger partial charge in [-0.05, 0) is 31.0 Å². The molecule has 1 aromatic carbocycles. The van der Waals surface area contributed by atoms with Gasteiger partial charge in [0.25, 0.3) is 5.91 Å². The van der Waals surface area contributed by atoms with Gasteiger partial charge < -0.3 is 20.1 Å². The van der Waals surface area contributed by atoms with Crippen LogP contribution in [0.1, 0.15) is 28.5 Å². The van der Waals surface area contributed by atoms with Gasteiger partial charge in [0.15, 0.2) is 5.96 Å². The van der Waals surface area contributed by atoms with E-state index in [1.807, 2.05) is 30.3 Å². The summed E-state index contributed by atoms with van der Waals surface area (Å²) in [5.41, 5.74) is 2.77. The molecule has 9 heteroatoms. The van der Waals surface area contributed by atoms with Crippen LogP contribution in [0, 0.1) is 0 Å². The first-order chi connectivity index (χ1) is 14.2. The molecule has 0 bridgehead atoms. The van der Waals surface area contributed by atoms with Gasteiger partial charge in [-0.15, -0.1) is 24.0 Å². The Morgan fingerprint density at radius 3 is 2.70 bits per heavy atom. The van der Waals surface area contributed by atoms with Crippen molar-refractivity contribution in [1.29, 1.82) is 0 Å². The fourth-order valence-electron chi connectivity index (χ4n) is 3.40. The predicted octanol–water partition coefficient (Wildman–Crippen LogP) is 1.98. The van der Waals surface area contributed by atoms with E-state index in [1.54, 1.807) is 13.3 Å². The predicted molar refractivity (Wildman–Crippen MR) is 128 cm³/mol. The highest BCUT2D eigenvalue weighted by molar-refractivity contribution is 14.0. The minimum Gasteiger partial charge on any atom is -0.364 e. The molecule has 0 radical (unpaired) electrons. The van der Waals surface area contributed by atoms with Crippen LogP contribution in [0.25, 0.3) is 0 Å². The zero-order valence-electron chi connectivity index (χ0n) is 17.6. The van der Waals surface area contributed by atoms with Crippen molar-refractivity contribution in [3.8, 4) is 0 Å². The summed E-state index contributed by atoms with van der Waals surface area (Å²) < 4.78 is 4.92. The van der Waals surface area contributed by atoms with Crippen molar-refractivity contribution >= 4 is 35.8 Å². The first-order valence-electron chi connectivity index (χ1n) is 10.2. The molecule has 1 saturated heterocycles. The van der Waals surface area contributed by atoms with Crippen molar-refractivity contribution in [3.63, 3.8) is 0 Å². The molecule has 0 saturated carbocycles. The second-order valence-electron chi connectivity index (χ2n) is 7.02. The van der Waals surface area contributed by atoms with Crippen molar-refractivity contribution < 1.29 is 9.32 Å². The smallest absolute Gasteiger partial charge is 0.251 e. The number of rotatable bonds is 7. The molecule has 1 aliphatic rings. The summed E-state index contributed by atoms with van der Waals surface area (Å²) in [6, 6.07) is 9.63. The topological polar surface area (TPSA) is 86.0 Å². The third kappa shape index (κ3) is 6.98. The Morgan fingerprint density at radius 2 is 2.03 bits per heavy atom. The molecule has 164 valence electrons. The van der Waals surface area contributed by atoms with E-state index >= 15 is 0 Å². The number of carbonyl (C=O) groups is 1. The van der Waals surface area contributed by atoms with Gasteiger partial charge in [0.05, 0.1) is 5.69 Å².